The first-order valence-electron chi connectivity index (χ1n) is 10.8. The molecule has 1 unspecified atom stereocenters. The molecule has 1 amide bonds. The van der Waals surface area contributed by atoms with E-state index in [0.29, 0.717) is 32.0 Å². The number of halogens is 1. The van der Waals surface area contributed by atoms with Crippen LogP contribution in [0.2, 0.25) is 5.02 Å². The van der Waals surface area contributed by atoms with Crippen LogP contribution < -0.4 is 0 Å². The summed E-state index contributed by atoms with van der Waals surface area (Å²) in [5.41, 5.74) is 2.51. The van der Waals surface area contributed by atoms with E-state index in [1.807, 2.05) is 29.2 Å². The molecular weight excluding hydrogens is 396 g/mol. The second-order valence-corrected chi connectivity index (χ2v) is 9.93. The van der Waals surface area contributed by atoms with Gasteiger partial charge < -0.3 is 14.2 Å². The number of methoxy groups -OCH3 is 1. The summed E-state index contributed by atoms with van der Waals surface area (Å²) in [6.45, 7) is 11.6. The maximum absolute atomic E-state index is 13.1. The molecule has 1 aromatic carbocycles. The van der Waals surface area contributed by atoms with Gasteiger partial charge in [0.25, 0.3) is 0 Å². The molecule has 0 radical (unpaired) electrons. The summed E-state index contributed by atoms with van der Waals surface area (Å²) < 4.78 is 7.41. The predicted molar refractivity (Wildman–Crippen MR) is 125 cm³/mol. The van der Waals surface area contributed by atoms with Gasteiger partial charge in [-0.3, -0.25) is 4.79 Å². The zero-order valence-corrected chi connectivity index (χ0v) is 19.9. The molecule has 5 heteroatoms. The Bertz CT molecular complexity index is 794. The van der Waals surface area contributed by atoms with Gasteiger partial charge in [0.1, 0.15) is 0 Å². The molecule has 0 spiro atoms. The maximum atomic E-state index is 13.1. The summed E-state index contributed by atoms with van der Waals surface area (Å²) in [7, 11) is 1.70. The van der Waals surface area contributed by atoms with Crippen molar-refractivity contribution < 1.29 is 9.53 Å². The summed E-state index contributed by atoms with van der Waals surface area (Å²) in [6.07, 6.45) is 4.52. The highest BCUT2D eigenvalue weighted by Crippen LogP contribution is 2.26. The number of ether oxygens (including phenoxy) is 1. The van der Waals surface area contributed by atoms with Crippen molar-refractivity contribution in [2.45, 2.75) is 60.0 Å². The minimum absolute atomic E-state index is 0.221. The number of benzene rings is 1. The Hall–Kier alpha value is -1.78. The van der Waals surface area contributed by atoms with E-state index in [9.17, 15) is 4.79 Å². The predicted octanol–water partition coefficient (Wildman–Crippen LogP) is 6.02. The molecule has 1 aromatic heterocycles. The van der Waals surface area contributed by atoms with Gasteiger partial charge in [-0.25, -0.2) is 0 Å². The van der Waals surface area contributed by atoms with E-state index >= 15 is 0 Å². The van der Waals surface area contributed by atoms with Gasteiger partial charge in [-0.15, -0.1) is 0 Å². The molecular formula is C25H37ClN2O2. The Morgan fingerprint density at radius 1 is 1.23 bits per heavy atom. The number of rotatable bonds is 11. The van der Waals surface area contributed by atoms with Crippen molar-refractivity contribution in [2.24, 2.45) is 11.3 Å². The third-order valence-corrected chi connectivity index (χ3v) is 5.37. The van der Waals surface area contributed by atoms with Gasteiger partial charge in [0, 0.05) is 50.1 Å². The van der Waals surface area contributed by atoms with E-state index in [1.165, 1.54) is 0 Å². The summed E-state index contributed by atoms with van der Waals surface area (Å²) in [4.78, 5) is 15.1. The summed E-state index contributed by atoms with van der Waals surface area (Å²) in [5, 5.41) is 0.741. The smallest absolute Gasteiger partial charge is 0.223 e. The highest BCUT2D eigenvalue weighted by Gasteiger charge is 2.21. The maximum Gasteiger partial charge on any atom is 0.223 e. The second-order valence-electron chi connectivity index (χ2n) is 9.49. The molecule has 0 aliphatic carbocycles. The van der Waals surface area contributed by atoms with Gasteiger partial charge in [-0.1, -0.05) is 51.4 Å². The quantitative estimate of drug-likeness (QED) is 0.407. The molecule has 166 valence electrons. The molecule has 1 heterocycles. The molecule has 0 aliphatic heterocycles. The molecule has 0 N–H and O–H groups in total. The third kappa shape index (κ3) is 8.53. The van der Waals surface area contributed by atoms with Crippen LogP contribution in [0.25, 0.3) is 0 Å². The van der Waals surface area contributed by atoms with Crippen molar-refractivity contribution >= 4 is 17.5 Å². The molecule has 2 rings (SSSR count). The van der Waals surface area contributed by atoms with Crippen molar-refractivity contribution in [1.29, 1.82) is 0 Å². The number of hydrogen-bond acceptors (Lipinski definition) is 2. The Kier molecular flexibility index (Phi) is 9.44. The Balaban J connectivity index is 2.09. The number of hydrogen-bond donors (Lipinski definition) is 0. The van der Waals surface area contributed by atoms with Crippen LogP contribution in [0.1, 0.15) is 58.2 Å². The number of nitrogens with zero attached hydrogens (tertiary/aromatic N) is 2. The molecule has 0 saturated heterocycles. The van der Waals surface area contributed by atoms with Gasteiger partial charge >= 0.3 is 0 Å². The summed E-state index contributed by atoms with van der Waals surface area (Å²) >= 11 is 6.14. The van der Waals surface area contributed by atoms with Crippen LogP contribution in [0.4, 0.5) is 0 Å². The molecule has 30 heavy (non-hydrogen) atoms. The molecule has 2 aromatic rings. The van der Waals surface area contributed by atoms with Crippen molar-refractivity contribution in [1.82, 2.24) is 9.47 Å². The van der Waals surface area contributed by atoms with Crippen LogP contribution in [0.5, 0.6) is 0 Å². The third-order valence-electron chi connectivity index (χ3n) is 5.13. The first-order chi connectivity index (χ1) is 14.2. The fraction of sp³-hybridized carbons (Fsp3) is 0.560. The molecule has 0 aliphatic rings. The van der Waals surface area contributed by atoms with Crippen LogP contribution in [0, 0.1) is 11.3 Å². The zero-order chi connectivity index (χ0) is 22.1. The van der Waals surface area contributed by atoms with E-state index in [2.05, 4.69) is 50.6 Å². The average Bonchev–Trinajstić information content (AvgIpc) is 3.06. The lowest BCUT2D eigenvalue weighted by Crippen LogP contribution is -2.34. The van der Waals surface area contributed by atoms with Crippen molar-refractivity contribution in [3.05, 3.63) is 58.9 Å². The van der Waals surface area contributed by atoms with Crippen LogP contribution in [-0.4, -0.2) is 35.6 Å². The lowest BCUT2D eigenvalue weighted by Gasteiger charge is -2.27. The molecule has 0 fully saturated rings. The first kappa shape index (κ1) is 24.5. The Morgan fingerprint density at radius 2 is 2.00 bits per heavy atom. The van der Waals surface area contributed by atoms with Gasteiger partial charge in [0.15, 0.2) is 0 Å². The number of carbonyl (C=O) groups is 1. The lowest BCUT2D eigenvalue weighted by atomic mass is 9.84. The van der Waals surface area contributed by atoms with Crippen molar-refractivity contribution in [2.75, 3.05) is 20.3 Å². The number of amides is 1. The molecule has 4 nitrogen and oxygen atoms in total. The van der Waals surface area contributed by atoms with Crippen LogP contribution in [0.3, 0.4) is 0 Å². The van der Waals surface area contributed by atoms with E-state index in [4.69, 9.17) is 16.3 Å². The first-order valence-corrected chi connectivity index (χ1v) is 11.2. The standard InChI is InChI=1S/C25H37ClN2O2/c1-20(17-25(2,3)4)15-24(29)28(13-8-14-30-5)19-23-11-7-12-27(23)18-21-9-6-10-22(26)16-21/h6-7,9-12,16,20H,8,13-15,17-19H2,1-5H3. The van der Waals surface area contributed by atoms with Gasteiger partial charge in [0.2, 0.25) is 5.91 Å². The number of aromatic nitrogens is 1. The highest BCUT2D eigenvalue weighted by molar-refractivity contribution is 6.30. The highest BCUT2D eigenvalue weighted by atomic mass is 35.5. The molecule has 1 atom stereocenters. The van der Waals surface area contributed by atoms with Crippen LogP contribution >= 0.6 is 11.6 Å². The topological polar surface area (TPSA) is 34.5 Å². The summed E-state index contributed by atoms with van der Waals surface area (Å²) in [5.74, 6) is 0.582. The summed E-state index contributed by atoms with van der Waals surface area (Å²) in [6, 6.07) is 12.1. The van der Waals surface area contributed by atoms with Crippen LogP contribution in [-0.2, 0) is 22.6 Å². The van der Waals surface area contributed by atoms with Gasteiger partial charge in [0.05, 0.1) is 6.54 Å². The zero-order valence-electron chi connectivity index (χ0n) is 19.2. The Morgan fingerprint density at radius 3 is 2.67 bits per heavy atom. The molecule has 0 bridgehead atoms. The van der Waals surface area contributed by atoms with E-state index in [0.717, 1.165) is 35.7 Å². The largest absolute Gasteiger partial charge is 0.385 e. The van der Waals surface area contributed by atoms with Gasteiger partial charge in [-0.05, 0) is 54.0 Å². The Labute approximate surface area is 187 Å². The minimum atomic E-state index is 0.221. The van der Waals surface area contributed by atoms with Crippen LogP contribution in [0.15, 0.2) is 42.6 Å². The monoisotopic (exact) mass is 432 g/mol. The second kappa shape index (κ2) is 11.6. The lowest BCUT2D eigenvalue weighted by molar-refractivity contribution is -0.133. The minimum Gasteiger partial charge on any atom is -0.385 e. The normalized spacial score (nSPS) is 12.7. The fourth-order valence-electron chi connectivity index (χ4n) is 4.01. The van der Waals surface area contributed by atoms with Crippen molar-refractivity contribution in [3.8, 4) is 0 Å². The SMILES string of the molecule is COCCCN(Cc1cccn1Cc1cccc(Cl)c1)C(=O)CC(C)CC(C)(C)C. The molecule has 0 saturated carbocycles. The van der Waals surface area contributed by atoms with E-state index < -0.39 is 0 Å². The number of carbonyl (C=O) groups excluding carboxylic acids is 1. The van der Waals surface area contributed by atoms with E-state index in [1.54, 1.807) is 7.11 Å². The van der Waals surface area contributed by atoms with Crippen molar-refractivity contribution in [3.63, 3.8) is 0 Å². The fourth-order valence-corrected chi connectivity index (χ4v) is 4.22. The van der Waals surface area contributed by atoms with Gasteiger partial charge in [-0.2, -0.15) is 0 Å². The average molecular weight is 433 g/mol. The van der Waals surface area contributed by atoms with E-state index in [-0.39, 0.29) is 11.3 Å².